The molecule has 1 aromatic carbocycles. The van der Waals surface area contributed by atoms with Crippen LogP contribution in [-0.4, -0.2) is 12.1 Å². The summed E-state index contributed by atoms with van der Waals surface area (Å²) in [4.78, 5) is 21.2. The molecule has 17 heavy (non-hydrogen) atoms. The van der Waals surface area contributed by atoms with E-state index in [9.17, 15) is 27.2 Å². The Labute approximate surface area is 90.6 Å². The predicted molar refractivity (Wildman–Crippen MR) is 46.4 cm³/mol. The lowest BCUT2D eigenvalue weighted by Crippen LogP contribution is -2.02. The third-order valence-electron chi connectivity index (χ3n) is 2.16. The molecule has 0 fully saturated rings. The van der Waals surface area contributed by atoms with Crippen LogP contribution in [0.2, 0.25) is 0 Å². The molecule has 0 atom stereocenters. The van der Waals surface area contributed by atoms with Crippen LogP contribution in [0.25, 0.3) is 10.8 Å². The fourth-order valence-corrected chi connectivity index (χ4v) is 1.39. The first-order valence-corrected chi connectivity index (χ1v) is 4.21. The van der Waals surface area contributed by atoms with E-state index < -0.39 is 45.6 Å². The van der Waals surface area contributed by atoms with Gasteiger partial charge >= 0.3 is 0 Å². The number of rotatable bonds is 2. The van der Waals surface area contributed by atoms with Gasteiger partial charge in [0.2, 0.25) is 0 Å². The number of ketones is 1. The van der Waals surface area contributed by atoms with Crippen LogP contribution in [0.3, 0.4) is 0 Å². The van der Waals surface area contributed by atoms with Gasteiger partial charge in [-0.3, -0.25) is 9.59 Å². The van der Waals surface area contributed by atoms with E-state index in [2.05, 4.69) is 4.42 Å². The van der Waals surface area contributed by atoms with Gasteiger partial charge in [0.1, 0.15) is 6.26 Å². The monoisotopic (exact) mass is 246 g/mol. The summed E-state index contributed by atoms with van der Waals surface area (Å²) in [5.74, 6) is -9.72. The molecule has 0 aliphatic heterocycles. The van der Waals surface area contributed by atoms with Gasteiger partial charge in [0.25, 0.3) is 5.78 Å². The highest BCUT2D eigenvalue weighted by Gasteiger charge is 2.27. The molecule has 1 heterocycles. The summed E-state index contributed by atoms with van der Waals surface area (Å²) < 4.78 is 56.7. The highest BCUT2D eigenvalue weighted by atomic mass is 19.2. The molecule has 0 saturated heterocycles. The fraction of sp³-hybridized carbons (Fsp3) is 0. The smallest absolute Gasteiger partial charge is 0.261 e. The summed E-state index contributed by atoms with van der Waals surface area (Å²) in [5, 5.41) is -1.63. The first-order valence-electron chi connectivity index (χ1n) is 4.21. The lowest BCUT2D eigenvalue weighted by atomic mass is 10.1. The topological polar surface area (TPSA) is 47.3 Å². The molecule has 0 amide bonds. The van der Waals surface area contributed by atoms with Crippen LogP contribution in [0.5, 0.6) is 0 Å². The highest BCUT2D eigenvalue weighted by molar-refractivity contribution is 6.35. The molecular formula is C10H2F4O3. The molecule has 0 radical (unpaired) electrons. The Hall–Kier alpha value is -2.18. The Morgan fingerprint density at radius 1 is 1.06 bits per heavy atom. The van der Waals surface area contributed by atoms with E-state index in [0.29, 0.717) is 6.26 Å². The molecule has 0 saturated carbocycles. The standard InChI is InChI=1S/C10H2F4O3/c11-6-3-2-17-10(4(16)1-15)5(3)7(12)9(14)8(6)13/h1-2H. The molecular weight excluding hydrogens is 244 g/mol. The number of fused-ring (bicyclic) bond motifs is 1. The van der Waals surface area contributed by atoms with E-state index in [4.69, 9.17) is 0 Å². The quantitative estimate of drug-likeness (QED) is 0.204. The summed E-state index contributed by atoms with van der Waals surface area (Å²) in [5.41, 5.74) is 0. The third-order valence-corrected chi connectivity index (χ3v) is 2.16. The van der Waals surface area contributed by atoms with E-state index in [1.165, 1.54) is 0 Å². The second kappa shape index (κ2) is 3.69. The average molecular weight is 246 g/mol. The molecule has 2 rings (SSSR count). The van der Waals surface area contributed by atoms with E-state index in [0.717, 1.165) is 0 Å². The zero-order chi connectivity index (χ0) is 12.7. The summed E-state index contributed by atoms with van der Waals surface area (Å²) in [6, 6.07) is 0. The first-order chi connectivity index (χ1) is 7.99. The van der Waals surface area contributed by atoms with Gasteiger partial charge < -0.3 is 4.42 Å². The molecule has 7 heteroatoms. The van der Waals surface area contributed by atoms with Crippen LogP contribution in [0.4, 0.5) is 17.6 Å². The van der Waals surface area contributed by atoms with Gasteiger partial charge in [-0.1, -0.05) is 0 Å². The fourth-order valence-electron chi connectivity index (χ4n) is 1.39. The van der Waals surface area contributed by atoms with Crippen LogP contribution in [0, 0.1) is 23.3 Å². The Morgan fingerprint density at radius 2 is 1.65 bits per heavy atom. The summed E-state index contributed by atoms with van der Waals surface area (Å²) >= 11 is 0. The maximum absolute atomic E-state index is 13.3. The number of carbonyl (C=O) groups excluding carboxylic acids is 2. The normalized spacial score (nSPS) is 10.8. The van der Waals surface area contributed by atoms with Crippen LogP contribution >= 0.6 is 0 Å². The van der Waals surface area contributed by atoms with Gasteiger partial charge in [-0.25, -0.2) is 17.6 Å². The van der Waals surface area contributed by atoms with Gasteiger partial charge in [0, 0.05) is 0 Å². The number of hydrogen-bond donors (Lipinski definition) is 0. The highest BCUT2D eigenvalue weighted by Crippen LogP contribution is 2.30. The van der Waals surface area contributed by atoms with Gasteiger partial charge in [0.15, 0.2) is 35.3 Å². The van der Waals surface area contributed by atoms with Crippen molar-refractivity contribution in [1.82, 2.24) is 0 Å². The molecule has 88 valence electrons. The molecule has 0 aliphatic carbocycles. The summed E-state index contributed by atoms with van der Waals surface area (Å²) in [7, 11) is 0. The van der Waals surface area contributed by atoms with Crippen LogP contribution in [0.1, 0.15) is 10.6 Å². The minimum absolute atomic E-state index is 0.211. The van der Waals surface area contributed by atoms with Crippen molar-refractivity contribution in [2.45, 2.75) is 0 Å². The predicted octanol–water partition coefficient (Wildman–Crippen LogP) is 2.37. The number of carbonyl (C=O) groups is 2. The minimum Gasteiger partial charge on any atom is -0.459 e. The van der Waals surface area contributed by atoms with Gasteiger partial charge in [0.05, 0.1) is 10.8 Å². The molecule has 0 aliphatic rings. The number of benzene rings is 1. The van der Waals surface area contributed by atoms with E-state index >= 15 is 0 Å². The van der Waals surface area contributed by atoms with Crippen molar-refractivity contribution in [3.63, 3.8) is 0 Å². The van der Waals surface area contributed by atoms with Crippen molar-refractivity contribution in [2.24, 2.45) is 0 Å². The van der Waals surface area contributed by atoms with Crippen molar-refractivity contribution in [3.8, 4) is 0 Å². The molecule has 0 bridgehead atoms. The maximum Gasteiger partial charge on any atom is 0.261 e. The molecule has 3 nitrogen and oxygen atoms in total. The Kier molecular flexibility index (Phi) is 2.45. The summed E-state index contributed by atoms with van der Waals surface area (Å²) in [6.07, 6.45) is 0.323. The average Bonchev–Trinajstić information content (AvgIpc) is 2.77. The van der Waals surface area contributed by atoms with Crippen LogP contribution < -0.4 is 0 Å². The van der Waals surface area contributed by atoms with E-state index in [-0.39, 0.29) is 6.29 Å². The lowest BCUT2D eigenvalue weighted by molar-refractivity contribution is -0.104. The minimum atomic E-state index is -2.07. The molecule has 0 N–H and O–H groups in total. The zero-order valence-corrected chi connectivity index (χ0v) is 7.89. The molecule has 0 spiro atoms. The number of halogens is 4. The number of furan rings is 1. The van der Waals surface area contributed by atoms with Crippen molar-refractivity contribution >= 4 is 22.8 Å². The second-order valence-electron chi connectivity index (χ2n) is 3.09. The molecule has 0 unspecified atom stereocenters. The van der Waals surface area contributed by atoms with Crippen LogP contribution in [-0.2, 0) is 4.79 Å². The largest absolute Gasteiger partial charge is 0.459 e. The van der Waals surface area contributed by atoms with Gasteiger partial charge in [-0.05, 0) is 0 Å². The van der Waals surface area contributed by atoms with Crippen molar-refractivity contribution in [1.29, 1.82) is 0 Å². The number of aldehydes is 1. The van der Waals surface area contributed by atoms with Gasteiger partial charge in [-0.2, -0.15) is 0 Å². The van der Waals surface area contributed by atoms with Crippen molar-refractivity contribution in [3.05, 3.63) is 35.3 Å². The second-order valence-corrected chi connectivity index (χ2v) is 3.09. The number of hydrogen-bond acceptors (Lipinski definition) is 3. The van der Waals surface area contributed by atoms with Crippen molar-refractivity contribution in [2.75, 3.05) is 0 Å². The van der Waals surface area contributed by atoms with E-state index in [1.54, 1.807) is 0 Å². The van der Waals surface area contributed by atoms with Crippen LogP contribution in [0.15, 0.2) is 10.7 Å². The Balaban J connectivity index is 2.95. The lowest BCUT2D eigenvalue weighted by Gasteiger charge is -1.99. The molecule has 1 aromatic heterocycles. The Morgan fingerprint density at radius 3 is 2.24 bits per heavy atom. The van der Waals surface area contributed by atoms with E-state index in [1.807, 2.05) is 0 Å². The maximum atomic E-state index is 13.3. The van der Waals surface area contributed by atoms with Gasteiger partial charge in [-0.15, -0.1) is 0 Å². The Bertz CT molecular complexity index is 645. The SMILES string of the molecule is O=CC(=O)c1occ2c(F)c(F)c(F)c(F)c12. The van der Waals surface area contributed by atoms with Crippen molar-refractivity contribution < 1.29 is 31.6 Å². The zero-order valence-electron chi connectivity index (χ0n) is 7.89. The molecule has 2 aromatic rings. The number of Topliss-reactive ketones (excluding diaryl/α,β-unsaturated/α-hetero) is 1. The first kappa shape index (κ1) is 11.3. The summed E-state index contributed by atoms with van der Waals surface area (Å²) in [6.45, 7) is 0. The third kappa shape index (κ3) is 1.42.